The van der Waals surface area contributed by atoms with Crippen LogP contribution in [-0.4, -0.2) is 31.1 Å². The fourth-order valence-electron chi connectivity index (χ4n) is 4.24. The number of rotatable bonds is 7. The van der Waals surface area contributed by atoms with Crippen LogP contribution in [0, 0.1) is 6.92 Å². The van der Waals surface area contributed by atoms with Gasteiger partial charge in [0.05, 0.1) is 24.2 Å². The lowest BCUT2D eigenvalue weighted by atomic mass is 9.99. The van der Waals surface area contributed by atoms with Crippen LogP contribution in [0.5, 0.6) is 5.75 Å². The van der Waals surface area contributed by atoms with Crippen LogP contribution < -0.4 is 20.7 Å². The minimum Gasteiger partial charge on any atom is -0.489 e. The van der Waals surface area contributed by atoms with Crippen LogP contribution in [0.3, 0.4) is 0 Å². The summed E-state index contributed by atoms with van der Waals surface area (Å²) in [5, 5.41) is 2.59. The summed E-state index contributed by atoms with van der Waals surface area (Å²) in [4.78, 5) is 39.2. The molecule has 3 N–H and O–H groups in total. The number of carbonyl (C=O) groups excluding carboxylic acids is 3. The Morgan fingerprint density at radius 1 is 1.03 bits per heavy atom. The van der Waals surface area contributed by atoms with Gasteiger partial charge in [0.25, 0.3) is 5.91 Å². The number of amides is 3. The van der Waals surface area contributed by atoms with Crippen molar-refractivity contribution < 1.29 is 23.9 Å². The molecule has 0 unspecified atom stereocenters. The standard InChI is InChI=1S/C27H27N3O5/c1-18-9-5-6-12-20(18)21(29-27(28)33)15-26(32)35-17-25(31)30-22-13-7-8-14-24(22)34-16-23(30)19-10-3-2-4-11-19/h2-14,21,23H,15-17H2,1H3,(H3,28,29,33)/t21-,23+/m0/s1. The summed E-state index contributed by atoms with van der Waals surface area (Å²) in [6.07, 6.45) is -0.164. The minimum absolute atomic E-state index is 0.164. The number of ether oxygens (including phenoxy) is 2. The maximum absolute atomic E-state index is 13.3. The first kappa shape index (κ1) is 23.8. The van der Waals surface area contributed by atoms with Crippen LogP contribution in [0.4, 0.5) is 10.5 Å². The van der Waals surface area contributed by atoms with Gasteiger partial charge in [-0.15, -0.1) is 0 Å². The van der Waals surface area contributed by atoms with Crippen molar-refractivity contribution in [2.24, 2.45) is 5.73 Å². The summed E-state index contributed by atoms with van der Waals surface area (Å²) in [5.74, 6) is -0.416. The monoisotopic (exact) mass is 473 g/mol. The fourth-order valence-corrected chi connectivity index (χ4v) is 4.24. The Hall–Kier alpha value is -4.33. The van der Waals surface area contributed by atoms with Gasteiger partial charge in [0.1, 0.15) is 12.4 Å². The van der Waals surface area contributed by atoms with E-state index < -0.39 is 24.6 Å². The lowest BCUT2D eigenvalue weighted by Gasteiger charge is -2.37. The summed E-state index contributed by atoms with van der Waals surface area (Å²) in [6.45, 7) is 1.70. The van der Waals surface area contributed by atoms with E-state index in [9.17, 15) is 14.4 Å². The number of nitrogens with zero attached hydrogens (tertiary/aromatic N) is 1. The summed E-state index contributed by atoms with van der Waals surface area (Å²) >= 11 is 0. The first-order valence-electron chi connectivity index (χ1n) is 11.3. The number of hydrogen-bond acceptors (Lipinski definition) is 5. The molecule has 1 heterocycles. The number of urea groups is 1. The average Bonchev–Trinajstić information content (AvgIpc) is 2.86. The summed E-state index contributed by atoms with van der Waals surface area (Å²) in [7, 11) is 0. The van der Waals surface area contributed by atoms with E-state index in [1.165, 1.54) is 0 Å². The number of aryl methyl sites for hydroxylation is 1. The molecular weight excluding hydrogens is 446 g/mol. The molecule has 180 valence electrons. The van der Waals surface area contributed by atoms with Crippen molar-refractivity contribution in [1.29, 1.82) is 0 Å². The molecule has 3 amide bonds. The first-order chi connectivity index (χ1) is 16.9. The molecule has 3 aromatic rings. The predicted molar refractivity (Wildman–Crippen MR) is 131 cm³/mol. The SMILES string of the molecule is Cc1ccccc1[C@H](CC(=O)OCC(=O)N1c2ccccc2OC[C@@H]1c1ccccc1)NC(N)=O. The van der Waals surface area contributed by atoms with Crippen LogP contribution in [0.1, 0.15) is 35.2 Å². The van der Waals surface area contributed by atoms with Crippen molar-refractivity contribution in [3.8, 4) is 5.75 Å². The van der Waals surface area contributed by atoms with Gasteiger partial charge in [0, 0.05) is 0 Å². The number of nitrogens with two attached hydrogens (primary N) is 1. The molecule has 3 aromatic carbocycles. The molecule has 0 fully saturated rings. The zero-order valence-electron chi connectivity index (χ0n) is 19.3. The average molecular weight is 474 g/mol. The number of primary amides is 1. The van der Waals surface area contributed by atoms with E-state index >= 15 is 0 Å². The quantitative estimate of drug-likeness (QED) is 0.507. The van der Waals surface area contributed by atoms with Gasteiger partial charge in [0.15, 0.2) is 6.61 Å². The summed E-state index contributed by atoms with van der Waals surface area (Å²) in [5.41, 5.74) is 8.48. The number of nitrogens with one attached hydrogen (secondary N) is 1. The molecule has 0 saturated heterocycles. The molecule has 0 aliphatic carbocycles. The minimum atomic E-state index is -0.752. The van der Waals surface area contributed by atoms with E-state index in [1.54, 1.807) is 17.0 Å². The molecule has 0 saturated carbocycles. The molecule has 0 aromatic heterocycles. The largest absolute Gasteiger partial charge is 0.489 e. The maximum atomic E-state index is 13.3. The van der Waals surface area contributed by atoms with Gasteiger partial charge in [-0.1, -0.05) is 66.7 Å². The smallest absolute Gasteiger partial charge is 0.312 e. The van der Waals surface area contributed by atoms with Gasteiger partial charge in [-0.05, 0) is 35.7 Å². The number of fused-ring (bicyclic) bond motifs is 1. The normalized spacial score (nSPS) is 15.3. The van der Waals surface area contributed by atoms with Gasteiger partial charge in [-0.2, -0.15) is 0 Å². The highest BCUT2D eigenvalue weighted by Gasteiger charge is 2.34. The second kappa shape index (κ2) is 10.7. The summed E-state index contributed by atoms with van der Waals surface area (Å²) < 4.78 is 11.3. The second-order valence-corrected chi connectivity index (χ2v) is 8.25. The van der Waals surface area contributed by atoms with Crippen molar-refractivity contribution in [1.82, 2.24) is 5.32 Å². The molecule has 8 nitrogen and oxygen atoms in total. The Morgan fingerprint density at radius 2 is 1.71 bits per heavy atom. The number of benzene rings is 3. The van der Waals surface area contributed by atoms with Crippen molar-refractivity contribution in [3.63, 3.8) is 0 Å². The molecule has 0 radical (unpaired) electrons. The van der Waals surface area contributed by atoms with Gasteiger partial charge >= 0.3 is 12.0 Å². The molecule has 1 aliphatic heterocycles. The van der Waals surface area contributed by atoms with E-state index in [4.69, 9.17) is 15.2 Å². The topological polar surface area (TPSA) is 111 Å². The Morgan fingerprint density at radius 3 is 2.46 bits per heavy atom. The van der Waals surface area contributed by atoms with E-state index in [2.05, 4.69) is 5.32 Å². The van der Waals surface area contributed by atoms with E-state index in [0.717, 1.165) is 16.7 Å². The Labute approximate surface area is 203 Å². The third kappa shape index (κ3) is 5.60. The van der Waals surface area contributed by atoms with Crippen molar-refractivity contribution in [3.05, 3.63) is 95.6 Å². The Kier molecular flexibility index (Phi) is 7.30. The highest BCUT2D eigenvalue weighted by atomic mass is 16.5. The van der Waals surface area contributed by atoms with E-state index in [0.29, 0.717) is 11.4 Å². The van der Waals surface area contributed by atoms with Crippen LogP contribution in [0.25, 0.3) is 0 Å². The fraction of sp³-hybridized carbons (Fsp3) is 0.222. The molecule has 8 heteroatoms. The first-order valence-corrected chi connectivity index (χ1v) is 11.3. The molecular formula is C27H27N3O5. The molecule has 35 heavy (non-hydrogen) atoms. The van der Waals surface area contributed by atoms with Crippen molar-refractivity contribution >= 4 is 23.6 Å². The lowest BCUT2D eigenvalue weighted by molar-refractivity contribution is -0.148. The van der Waals surface area contributed by atoms with E-state index in [-0.39, 0.29) is 25.0 Å². The third-order valence-electron chi connectivity index (χ3n) is 5.89. The number of esters is 1. The maximum Gasteiger partial charge on any atom is 0.312 e. The van der Waals surface area contributed by atoms with Gasteiger partial charge in [-0.3, -0.25) is 14.5 Å². The van der Waals surface area contributed by atoms with Crippen molar-refractivity contribution in [2.45, 2.75) is 25.4 Å². The number of hydrogen-bond donors (Lipinski definition) is 2. The van der Waals surface area contributed by atoms with Crippen molar-refractivity contribution in [2.75, 3.05) is 18.1 Å². The van der Waals surface area contributed by atoms with Crippen LogP contribution >= 0.6 is 0 Å². The highest BCUT2D eigenvalue weighted by Crippen LogP contribution is 2.39. The molecule has 1 aliphatic rings. The molecule has 2 atom stereocenters. The zero-order valence-corrected chi connectivity index (χ0v) is 19.3. The number of anilines is 1. The highest BCUT2D eigenvalue weighted by molar-refractivity contribution is 5.97. The van der Waals surface area contributed by atoms with E-state index in [1.807, 2.05) is 73.7 Å². The van der Waals surface area contributed by atoms with Gasteiger partial charge < -0.3 is 20.5 Å². The predicted octanol–water partition coefficient (Wildman–Crippen LogP) is 3.80. The second-order valence-electron chi connectivity index (χ2n) is 8.25. The Bertz CT molecular complexity index is 1210. The molecule has 4 rings (SSSR count). The van der Waals surface area contributed by atoms with Gasteiger partial charge in [-0.25, -0.2) is 4.79 Å². The van der Waals surface area contributed by atoms with Gasteiger partial charge in [0.2, 0.25) is 0 Å². The molecule has 0 bridgehead atoms. The van der Waals surface area contributed by atoms with Crippen LogP contribution in [0.15, 0.2) is 78.9 Å². The number of para-hydroxylation sites is 2. The molecule has 0 spiro atoms. The van der Waals surface area contributed by atoms with Crippen LogP contribution in [0.2, 0.25) is 0 Å². The summed E-state index contributed by atoms with van der Waals surface area (Å²) in [6, 6.07) is 22.4. The lowest BCUT2D eigenvalue weighted by Crippen LogP contribution is -2.43. The third-order valence-corrected chi connectivity index (χ3v) is 5.89. The zero-order chi connectivity index (χ0) is 24.8. The Balaban J connectivity index is 1.49. The number of carbonyl (C=O) groups is 3. The van der Waals surface area contributed by atoms with Crippen LogP contribution in [-0.2, 0) is 14.3 Å².